The highest BCUT2D eigenvalue weighted by molar-refractivity contribution is 8.11. The predicted octanol–water partition coefficient (Wildman–Crippen LogP) is 8.37. The Morgan fingerprint density at radius 2 is 2.06 bits per heavy atom. The van der Waals surface area contributed by atoms with Crippen molar-refractivity contribution in [1.82, 2.24) is 15.3 Å². The van der Waals surface area contributed by atoms with Crippen LogP contribution >= 0.6 is 34.7 Å². The van der Waals surface area contributed by atoms with E-state index >= 15 is 0 Å². The zero-order chi connectivity index (χ0) is 24.4. The van der Waals surface area contributed by atoms with Crippen LogP contribution in [0.3, 0.4) is 0 Å². The normalized spacial score (nSPS) is 12.9. The van der Waals surface area contributed by atoms with Crippen LogP contribution in [0, 0.1) is 0 Å². The van der Waals surface area contributed by atoms with Crippen molar-refractivity contribution in [2.45, 2.75) is 72.8 Å². The molecular formula is C24H33ClN4O2S2. The Morgan fingerprint density at radius 3 is 2.67 bits per heavy atom. The van der Waals surface area contributed by atoms with Crippen molar-refractivity contribution in [1.29, 1.82) is 0 Å². The molecule has 1 amide bonds. The molecule has 0 bridgehead atoms. The Labute approximate surface area is 210 Å². The number of ether oxygens (including phenoxy) is 1. The largest absolute Gasteiger partial charge is 0.444 e. The second-order valence-electron chi connectivity index (χ2n) is 8.44. The number of amides is 1. The van der Waals surface area contributed by atoms with Gasteiger partial charge >= 0.3 is 6.09 Å². The topological polar surface area (TPSA) is 76.1 Å². The van der Waals surface area contributed by atoms with Gasteiger partial charge < -0.3 is 10.1 Å². The molecule has 0 radical (unpaired) electrons. The molecule has 2 aromatic rings. The molecule has 33 heavy (non-hydrogen) atoms. The molecule has 0 saturated carbocycles. The van der Waals surface area contributed by atoms with E-state index in [0.29, 0.717) is 10.8 Å². The van der Waals surface area contributed by atoms with E-state index in [9.17, 15) is 4.79 Å². The van der Waals surface area contributed by atoms with E-state index in [1.807, 2.05) is 45.2 Å². The molecule has 0 spiro atoms. The Balaban J connectivity index is 2.27. The Morgan fingerprint density at radius 1 is 1.30 bits per heavy atom. The molecule has 9 heteroatoms. The third-order valence-corrected chi connectivity index (χ3v) is 6.45. The second kappa shape index (κ2) is 13.0. The summed E-state index contributed by atoms with van der Waals surface area (Å²) in [5.41, 5.74) is 1.53. The van der Waals surface area contributed by atoms with Crippen LogP contribution in [0.2, 0.25) is 5.02 Å². The zero-order valence-electron chi connectivity index (χ0n) is 20.1. The van der Waals surface area contributed by atoms with Crippen LogP contribution in [-0.2, 0) is 4.74 Å². The molecule has 2 rings (SSSR count). The van der Waals surface area contributed by atoms with Gasteiger partial charge in [0.25, 0.3) is 0 Å². The van der Waals surface area contributed by atoms with Crippen LogP contribution in [0.4, 0.5) is 15.7 Å². The molecule has 0 aliphatic carbocycles. The molecular weight excluding hydrogens is 476 g/mol. The van der Waals surface area contributed by atoms with Crippen LogP contribution in [0.5, 0.6) is 0 Å². The van der Waals surface area contributed by atoms with Crippen molar-refractivity contribution in [3.63, 3.8) is 0 Å². The minimum absolute atomic E-state index is 0.463. The van der Waals surface area contributed by atoms with E-state index < -0.39 is 11.7 Å². The fraction of sp³-hybridized carbons (Fsp3) is 0.458. The molecule has 0 atom stereocenters. The molecule has 2 heterocycles. The highest BCUT2D eigenvalue weighted by Crippen LogP contribution is 2.38. The number of pyridine rings is 1. The number of aromatic nitrogens is 2. The minimum Gasteiger partial charge on any atom is -0.444 e. The summed E-state index contributed by atoms with van der Waals surface area (Å²) in [4.78, 5) is 22.5. The van der Waals surface area contributed by atoms with E-state index in [1.54, 1.807) is 12.3 Å². The van der Waals surface area contributed by atoms with Crippen molar-refractivity contribution < 1.29 is 9.53 Å². The van der Waals surface area contributed by atoms with Crippen molar-refractivity contribution in [2.24, 2.45) is 0 Å². The number of carbonyl (C=O) groups is 1. The van der Waals surface area contributed by atoms with Crippen LogP contribution in [0.15, 0.2) is 40.4 Å². The first-order valence-electron chi connectivity index (χ1n) is 11.0. The van der Waals surface area contributed by atoms with Gasteiger partial charge in [-0.15, -0.1) is 11.3 Å². The van der Waals surface area contributed by atoms with Gasteiger partial charge in [-0.25, -0.2) is 14.8 Å². The molecule has 0 fully saturated rings. The maximum absolute atomic E-state index is 12.4. The van der Waals surface area contributed by atoms with Gasteiger partial charge in [-0.05, 0) is 59.1 Å². The highest BCUT2D eigenvalue weighted by atomic mass is 35.5. The van der Waals surface area contributed by atoms with Gasteiger partial charge in [0.15, 0.2) is 5.13 Å². The number of thiazole rings is 1. The summed E-state index contributed by atoms with van der Waals surface area (Å²) in [6.45, 7) is 11.9. The lowest BCUT2D eigenvalue weighted by atomic mass is 10.1. The number of nitrogens with one attached hydrogen (secondary N) is 2. The van der Waals surface area contributed by atoms with Crippen LogP contribution in [0.25, 0.3) is 4.91 Å². The van der Waals surface area contributed by atoms with Gasteiger partial charge in [0.2, 0.25) is 0 Å². The number of anilines is 2. The number of carbonyl (C=O) groups excluding carboxylic acids is 1. The fourth-order valence-corrected chi connectivity index (χ4v) is 4.71. The number of nitrogens with zero attached hydrogens (tertiary/aromatic N) is 2. The highest BCUT2D eigenvalue weighted by Gasteiger charge is 2.19. The SMILES string of the molecule is CC/C=C(\NC(=O)OC(C)(C)C)S/C(=C(\C)CCCC)c1csc(Nc2ccc(Cl)cn2)n1. The fourth-order valence-electron chi connectivity index (χ4n) is 2.73. The number of hydrogen-bond donors (Lipinski definition) is 2. The number of unbranched alkanes of at least 4 members (excludes halogenated alkanes) is 1. The summed E-state index contributed by atoms with van der Waals surface area (Å²) in [6.07, 6.45) is 7.06. The number of halogens is 1. The van der Waals surface area contributed by atoms with Crippen LogP contribution < -0.4 is 10.6 Å². The Hall–Kier alpha value is -2.03. The van der Waals surface area contributed by atoms with Crippen molar-refractivity contribution in [2.75, 3.05) is 5.32 Å². The molecule has 2 N–H and O–H groups in total. The molecule has 180 valence electrons. The smallest absolute Gasteiger partial charge is 0.412 e. The number of alkyl carbamates (subject to hydrolysis) is 1. The maximum Gasteiger partial charge on any atom is 0.412 e. The Bertz CT molecular complexity index is 979. The first-order valence-corrected chi connectivity index (χ1v) is 13.1. The zero-order valence-corrected chi connectivity index (χ0v) is 22.5. The number of allylic oxidation sites excluding steroid dienone is 2. The van der Waals surface area contributed by atoms with E-state index in [1.165, 1.54) is 28.7 Å². The number of hydrogen-bond acceptors (Lipinski definition) is 7. The standard InChI is InChI=1S/C24H33ClN4O2S2/c1-7-9-11-16(3)21(33-20(10-8-2)29-23(30)31-24(4,5)6)18-15-32-22(27-18)28-19-13-12-17(25)14-26-19/h10,12-15H,7-9,11H2,1-6H3,(H,29,30)(H,26,27,28)/b20-10+,21-16+. The summed E-state index contributed by atoms with van der Waals surface area (Å²) in [7, 11) is 0. The van der Waals surface area contributed by atoms with Crippen molar-refractivity contribution in [3.8, 4) is 0 Å². The summed E-state index contributed by atoms with van der Waals surface area (Å²) in [5.74, 6) is 0.680. The van der Waals surface area contributed by atoms with Gasteiger partial charge in [0.1, 0.15) is 11.4 Å². The van der Waals surface area contributed by atoms with E-state index in [0.717, 1.165) is 46.4 Å². The van der Waals surface area contributed by atoms with Gasteiger partial charge in [0, 0.05) is 16.5 Å². The second-order valence-corrected chi connectivity index (χ2v) is 10.8. The summed E-state index contributed by atoms with van der Waals surface area (Å²) >= 11 is 8.95. The number of thioether (sulfide) groups is 1. The average molecular weight is 509 g/mol. The lowest BCUT2D eigenvalue weighted by molar-refractivity contribution is 0.0550. The predicted molar refractivity (Wildman–Crippen MR) is 142 cm³/mol. The number of rotatable bonds is 10. The Kier molecular flexibility index (Phi) is 10.7. The molecule has 0 aliphatic heterocycles. The monoisotopic (exact) mass is 508 g/mol. The van der Waals surface area contributed by atoms with Gasteiger partial charge in [-0.1, -0.05) is 55.3 Å². The van der Waals surface area contributed by atoms with Crippen molar-refractivity contribution >= 4 is 56.6 Å². The van der Waals surface area contributed by atoms with Crippen LogP contribution in [-0.4, -0.2) is 21.7 Å². The lowest BCUT2D eigenvalue weighted by Crippen LogP contribution is -2.31. The van der Waals surface area contributed by atoms with E-state index in [2.05, 4.69) is 29.5 Å². The average Bonchev–Trinajstić information content (AvgIpc) is 3.18. The summed E-state index contributed by atoms with van der Waals surface area (Å²) in [5, 5.41) is 10.2. The van der Waals surface area contributed by atoms with Gasteiger partial charge in [0.05, 0.1) is 15.7 Å². The molecule has 2 aromatic heterocycles. The third kappa shape index (κ3) is 9.78. The van der Waals surface area contributed by atoms with E-state index in [4.69, 9.17) is 21.3 Å². The molecule has 0 aromatic carbocycles. The first kappa shape index (κ1) is 27.2. The van der Waals surface area contributed by atoms with Gasteiger partial charge in [-0.3, -0.25) is 5.32 Å². The van der Waals surface area contributed by atoms with E-state index in [-0.39, 0.29) is 0 Å². The van der Waals surface area contributed by atoms with Crippen molar-refractivity contribution in [3.05, 3.63) is 51.1 Å². The van der Waals surface area contributed by atoms with Crippen LogP contribution in [0.1, 0.15) is 72.9 Å². The molecule has 0 unspecified atom stereocenters. The molecule has 0 aliphatic rings. The summed E-state index contributed by atoms with van der Waals surface area (Å²) in [6, 6.07) is 3.60. The molecule has 0 saturated heterocycles. The lowest BCUT2D eigenvalue weighted by Gasteiger charge is -2.21. The van der Waals surface area contributed by atoms with Gasteiger partial charge in [-0.2, -0.15) is 0 Å². The first-order chi connectivity index (χ1) is 15.6. The third-order valence-electron chi connectivity index (χ3n) is 4.22. The minimum atomic E-state index is -0.563. The quantitative estimate of drug-likeness (QED) is 0.335. The summed E-state index contributed by atoms with van der Waals surface area (Å²) < 4.78 is 5.45. The molecule has 6 nitrogen and oxygen atoms in total. The maximum atomic E-state index is 12.4.